The van der Waals surface area contributed by atoms with Gasteiger partial charge in [-0.1, -0.05) is 6.92 Å². The zero-order valence-corrected chi connectivity index (χ0v) is 9.50. The Morgan fingerprint density at radius 2 is 2.00 bits per heavy atom. The number of halogens is 2. The standard InChI is InChI=1S/C11H10F2N4O/c1-2-9-15-10(17-16-9)11(18)14-8-4-6(12)3-7(13)5-8/h3-5H,2H2,1H3,(H,14,18)(H,15,16,17). The largest absolute Gasteiger partial charge is 0.319 e. The minimum absolute atomic E-state index is 0.0142. The molecule has 0 aliphatic carbocycles. The summed E-state index contributed by atoms with van der Waals surface area (Å²) >= 11 is 0. The zero-order valence-electron chi connectivity index (χ0n) is 9.50. The van der Waals surface area contributed by atoms with E-state index in [1.165, 1.54) is 0 Å². The Morgan fingerprint density at radius 3 is 2.56 bits per heavy atom. The lowest BCUT2D eigenvalue weighted by Gasteiger charge is -2.02. The number of H-pyrrole nitrogens is 1. The van der Waals surface area contributed by atoms with E-state index in [4.69, 9.17) is 0 Å². The highest BCUT2D eigenvalue weighted by Crippen LogP contribution is 2.13. The first-order valence-electron chi connectivity index (χ1n) is 5.27. The average molecular weight is 252 g/mol. The molecule has 0 bridgehead atoms. The Morgan fingerprint density at radius 1 is 1.33 bits per heavy atom. The number of carbonyl (C=O) groups is 1. The number of nitrogens with one attached hydrogen (secondary N) is 2. The van der Waals surface area contributed by atoms with Crippen LogP contribution in [0.2, 0.25) is 0 Å². The maximum atomic E-state index is 12.9. The summed E-state index contributed by atoms with van der Waals surface area (Å²) in [4.78, 5) is 15.6. The lowest BCUT2D eigenvalue weighted by Crippen LogP contribution is -2.14. The number of aromatic amines is 1. The molecule has 1 aromatic carbocycles. The van der Waals surface area contributed by atoms with Gasteiger partial charge in [0.2, 0.25) is 5.82 Å². The molecule has 2 rings (SSSR count). The van der Waals surface area contributed by atoms with Crippen LogP contribution in [0.4, 0.5) is 14.5 Å². The van der Waals surface area contributed by atoms with Crippen LogP contribution < -0.4 is 5.32 Å². The van der Waals surface area contributed by atoms with Crippen molar-refractivity contribution in [2.75, 3.05) is 5.32 Å². The van der Waals surface area contributed by atoms with Gasteiger partial charge >= 0.3 is 0 Å². The Balaban J connectivity index is 2.15. The van der Waals surface area contributed by atoms with E-state index in [0.717, 1.165) is 18.2 Å². The second kappa shape index (κ2) is 4.91. The summed E-state index contributed by atoms with van der Waals surface area (Å²) in [5, 5.41) is 8.58. The molecule has 2 aromatic rings. The van der Waals surface area contributed by atoms with Crippen LogP contribution in [0.15, 0.2) is 18.2 Å². The number of anilines is 1. The molecule has 0 atom stereocenters. The highest BCUT2D eigenvalue weighted by atomic mass is 19.1. The number of hydrogen-bond acceptors (Lipinski definition) is 3. The molecule has 0 unspecified atom stereocenters. The lowest BCUT2D eigenvalue weighted by atomic mass is 10.3. The predicted molar refractivity (Wildman–Crippen MR) is 60.1 cm³/mol. The molecule has 7 heteroatoms. The van der Waals surface area contributed by atoms with Crippen molar-refractivity contribution in [1.82, 2.24) is 15.2 Å². The lowest BCUT2D eigenvalue weighted by molar-refractivity contribution is 0.101. The van der Waals surface area contributed by atoms with Crippen LogP contribution in [0.3, 0.4) is 0 Å². The summed E-state index contributed by atoms with van der Waals surface area (Å²) in [5.74, 6) is -1.68. The summed E-state index contributed by atoms with van der Waals surface area (Å²) in [6.45, 7) is 1.85. The first-order valence-corrected chi connectivity index (χ1v) is 5.27. The van der Waals surface area contributed by atoms with E-state index in [0.29, 0.717) is 12.2 Å². The molecule has 0 saturated heterocycles. The van der Waals surface area contributed by atoms with E-state index in [1.54, 1.807) is 0 Å². The number of nitrogens with zero attached hydrogens (tertiary/aromatic N) is 2. The highest BCUT2D eigenvalue weighted by molar-refractivity contribution is 6.01. The number of aryl methyl sites for hydroxylation is 1. The number of carbonyl (C=O) groups excluding carboxylic acids is 1. The van der Waals surface area contributed by atoms with Crippen LogP contribution in [0, 0.1) is 11.6 Å². The molecular formula is C11H10F2N4O. The van der Waals surface area contributed by atoms with Gasteiger partial charge in [-0.25, -0.2) is 13.8 Å². The molecule has 2 N–H and O–H groups in total. The molecule has 0 radical (unpaired) electrons. The van der Waals surface area contributed by atoms with Crippen molar-refractivity contribution in [3.63, 3.8) is 0 Å². The number of aromatic nitrogens is 3. The third-order valence-electron chi connectivity index (χ3n) is 2.19. The fourth-order valence-corrected chi connectivity index (χ4v) is 1.37. The van der Waals surface area contributed by atoms with Crippen molar-refractivity contribution in [1.29, 1.82) is 0 Å². The minimum atomic E-state index is -0.769. The minimum Gasteiger partial charge on any atom is -0.319 e. The number of hydrogen-bond donors (Lipinski definition) is 2. The molecule has 5 nitrogen and oxygen atoms in total. The van der Waals surface area contributed by atoms with Crippen LogP contribution >= 0.6 is 0 Å². The first kappa shape index (κ1) is 12.2. The van der Waals surface area contributed by atoms with Crippen LogP contribution in [-0.2, 0) is 6.42 Å². The quantitative estimate of drug-likeness (QED) is 0.876. The van der Waals surface area contributed by atoms with Crippen molar-refractivity contribution in [3.8, 4) is 0 Å². The van der Waals surface area contributed by atoms with Gasteiger partial charge in [0.25, 0.3) is 5.91 Å². The van der Waals surface area contributed by atoms with Crippen LogP contribution in [-0.4, -0.2) is 21.1 Å². The van der Waals surface area contributed by atoms with Gasteiger partial charge in [0.05, 0.1) is 0 Å². The molecule has 1 heterocycles. The molecule has 1 amide bonds. The van der Waals surface area contributed by atoms with Crippen molar-refractivity contribution in [2.45, 2.75) is 13.3 Å². The van der Waals surface area contributed by atoms with E-state index >= 15 is 0 Å². The molecule has 0 saturated carbocycles. The Labute approximate surface area is 101 Å². The van der Waals surface area contributed by atoms with Gasteiger partial charge in [0, 0.05) is 18.2 Å². The van der Waals surface area contributed by atoms with E-state index in [9.17, 15) is 13.6 Å². The van der Waals surface area contributed by atoms with E-state index in [-0.39, 0.29) is 11.5 Å². The average Bonchev–Trinajstić information content (AvgIpc) is 2.75. The molecule has 18 heavy (non-hydrogen) atoms. The third kappa shape index (κ3) is 2.68. The van der Waals surface area contributed by atoms with E-state index < -0.39 is 17.5 Å². The first-order chi connectivity index (χ1) is 8.58. The van der Waals surface area contributed by atoms with Gasteiger partial charge < -0.3 is 5.32 Å². The molecule has 0 fully saturated rings. The Hall–Kier alpha value is -2.31. The number of rotatable bonds is 3. The van der Waals surface area contributed by atoms with Crippen LogP contribution in [0.5, 0.6) is 0 Å². The highest BCUT2D eigenvalue weighted by Gasteiger charge is 2.12. The SMILES string of the molecule is CCc1nc(C(=O)Nc2cc(F)cc(F)c2)n[nH]1. The summed E-state index contributed by atoms with van der Waals surface area (Å²) in [6.07, 6.45) is 0.606. The van der Waals surface area contributed by atoms with Gasteiger partial charge in [-0.3, -0.25) is 9.89 Å². The zero-order chi connectivity index (χ0) is 13.1. The summed E-state index contributed by atoms with van der Waals surface area (Å²) in [5.41, 5.74) is 0.0142. The summed E-state index contributed by atoms with van der Waals surface area (Å²) in [7, 11) is 0. The second-order valence-corrected chi connectivity index (χ2v) is 3.57. The fraction of sp³-hybridized carbons (Fsp3) is 0.182. The molecule has 1 aromatic heterocycles. The van der Waals surface area contributed by atoms with Crippen molar-refractivity contribution in [3.05, 3.63) is 41.5 Å². The molecule has 0 spiro atoms. The fourth-order valence-electron chi connectivity index (χ4n) is 1.37. The normalized spacial score (nSPS) is 10.4. The maximum absolute atomic E-state index is 12.9. The Kier molecular flexibility index (Phi) is 3.31. The smallest absolute Gasteiger partial charge is 0.295 e. The number of amides is 1. The van der Waals surface area contributed by atoms with Crippen LogP contribution in [0.1, 0.15) is 23.4 Å². The summed E-state index contributed by atoms with van der Waals surface area (Å²) < 4.78 is 25.8. The Bertz CT molecular complexity index is 562. The van der Waals surface area contributed by atoms with Crippen molar-refractivity contribution in [2.24, 2.45) is 0 Å². The van der Waals surface area contributed by atoms with Crippen molar-refractivity contribution >= 4 is 11.6 Å². The summed E-state index contributed by atoms with van der Waals surface area (Å²) in [6, 6.07) is 2.74. The molecule has 94 valence electrons. The van der Waals surface area contributed by atoms with Gasteiger partial charge in [-0.05, 0) is 12.1 Å². The second-order valence-electron chi connectivity index (χ2n) is 3.57. The van der Waals surface area contributed by atoms with Crippen molar-refractivity contribution < 1.29 is 13.6 Å². The topological polar surface area (TPSA) is 70.7 Å². The molecular weight excluding hydrogens is 242 g/mol. The van der Waals surface area contributed by atoms with Gasteiger partial charge in [0.15, 0.2) is 0 Å². The monoisotopic (exact) mass is 252 g/mol. The van der Waals surface area contributed by atoms with E-state index in [1.807, 2.05) is 6.92 Å². The third-order valence-corrected chi connectivity index (χ3v) is 2.19. The molecule has 0 aliphatic rings. The van der Waals surface area contributed by atoms with Gasteiger partial charge in [-0.2, -0.15) is 0 Å². The molecule has 0 aliphatic heterocycles. The van der Waals surface area contributed by atoms with Crippen LogP contribution in [0.25, 0.3) is 0 Å². The predicted octanol–water partition coefficient (Wildman–Crippen LogP) is 1.90. The van der Waals surface area contributed by atoms with Gasteiger partial charge in [-0.15, -0.1) is 5.10 Å². The van der Waals surface area contributed by atoms with Gasteiger partial charge in [0.1, 0.15) is 17.5 Å². The maximum Gasteiger partial charge on any atom is 0.295 e. The number of benzene rings is 1. The van der Waals surface area contributed by atoms with E-state index in [2.05, 4.69) is 20.5 Å².